The molecule has 0 aliphatic rings. The Labute approximate surface area is 99.3 Å². The zero-order valence-corrected chi connectivity index (χ0v) is 10.0. The molecule has 0 atom stereocenters. The summed E-state index contributed by atoms with van der Waals surface area (Å²) in [5.41, 5.74) is 6.74. The number of nitrogen functional groups attached to an aromatic ring is 1. The van der Waals surface area contributed by atoms with Crippen molar-refractivity contribution in [1.29, 1.82) is 0 Å². The van der Waals surface area contributed by atoms with Gasteiger partial charge >= 0.3 is 0 Å². The molecule has 2 rings (SSSR count). The van der Waals surface area contributed by atoms with Gasteiger partial charge in [0.15, 0.2) is 0 Å². The first-order valence-electron chi connectivity index (χ1n) is 5.20. The van der Waals surface area contributed by atoms with Gasteiger partial charge in [0, 0.05) is 7.05 Å². The molecule has 0 aliphatic carbocycles. The van der Waals surface area contributed by atoms with Crippen molar-refractivity contribution < 1.29 is 5.11 Å². The van der Waals surface area contributed by atoms with Gasteiger partial charge < -0.3 is 10.8 Å². The van der Waals surface area contributed by atoms with Gasteiger partial charge in [0.1, 0.15) is 11.3 Å². The Bertz CT molecular complexity index is 625. The zero-order valence-electron chi connectivity index (χ0n) is 10.0. The van der Waals surface area contributed by atoms with Crippen LogP contribution in [0.4, 0.5) is 5.69 Å². The minimum atomic E-state index is -1.05. The summed E-state index contributed by atoms with van der Waals surface area (Å²) >= 11 is 0. The van der Waals surface area contributed by atoms with Crippen LogP contribution in [0.2, 0.25) is 0 Å². The first kappa shape index (κ1) is 11.4. The molecule has 2 aromatic heterocycles. The molecule has 0 saturated carbocycles. The number of pyridine rings is 1. The summed E-state index contributed by atoms with van der Waals surface area (Å²) in [5, 5.41) is 14.6. The number of anilines is 1. The fourth-order valence-corrected chi connectivity index (χ4v) is 1.52. The van der Waals surface area contributed by atoms with Crippen molar-refractivity contribution in [3.8, 4) is 11.8 Å². The summed E-state index contributed by atoms with van der Waals surface area (Å²) < 4.78 is 1.67. The molecule has 0 unspecified atom stereocenters. The molecule has 0 saturated heterocycles. The molecule has 0 fully saturated rings. The molecule has 5 nitrogen and oxygen atoms in total. The number of nitrogens with zero attached hydrogens (tertiary/aromatic N) is 3. The molecular formula is C12H14N4O. The molecule has 88 valence electrons. The number of nitrogens with two attached hydrogens (primary N) is 1. The number of rotatable bonds is 0. The third kappa shape index (κ3) is 2.22. The number of hydrogen-bond donors (Lipinski definition) is 2. The second kappa shape index (κ2) is 3.75. The van der Waals surface area contributed by atoms with E-state index in [9.17, 15) is 5.11 Å². The van der Waals surface area contributed by atoms with Crippen LogP contribution in [0.3, 0.4) is 0 Å². The lowest BCUT2D eigenvalue weighted by Crippen LogP contribution is -2.14. The van der Waals surface area contributed by atoms with E-state index >= 15 is 0 Å². The van der Waals surface area contributed by atoms with Crippen molar-refractivity contribution in [1.82, 2.24) is 14.8 Å². The SMILES string of the molecule is Cn1nc(C#CC(C)(C)O)c2c(N)cncc21. The molecule has 0 aliphatic heterocycles. The van der Waals surface area contributed by atoms with E-state index in [1.54, 1.807) is 38.0 Å². The van der Waals surface area contributed by atoms with Crippen LogP contribution in [0.5, 0.6) is 0 Å². The minimum Gasteiger partial charge on any atom is -0.397 e. The minimum absolute atomic E-state index is 0.538. The van der Waals surface area contributed by atoms with Crippen molar-refractivity contribution in [2.45, 2.75) is 19.4 Å². The smallest absolute Gasteiger partial charge is 0.145 e. The normalized spacial score (nSPS) is 11.3. The van der Waals surface area contributed by atoms with Gasteiger partial charge in [0.25, 0.3) is 0 Å². The monoisotopic (exact) mass is 230 g/mol. The van der Waals surface area contributed by atoms with E-state index < -0.39 is 5.60 Å². The maximum absolute atomic E-state index is 9.58. The van der Waals surface area contributed by atoms with E-state index in [1.807, 2.05) is 0 Å². The predicted octanol–water partition coefficient (Wildman–Crippen LogP) is 0.673. The molecule has 2 heterocycles. The van der Waals surface area contributed by atoms with Gasteiger partial charge in [-0.2, -0.15) is 5.10 Å². The fourth-order valence-electron chi connectivity index (χ4n) is 1.52. The van der Waals surface area contributed by atoms with Crippen LogP contribution in [0.25, 0.3) is 10.9 Å². The molecule has 0 bridgehead atoms. The summed E-state index contributed by atoms with van der Waals surface area (Å²) in [7, 11) is 1.80. The Hall–Kier alpha value is -2.06. The lowest BCUT2D eigenvalue weighted by molar-refractivity contribution is 0.143. The summed E-state index contributed by atoms with van der Waals surface area (Å²) in [6, 6.07) is 0. The van der Waals surface area contributed by atoms with Crippen molar-refractivity contribution in [2.75, 3.05) is 5.73 Å². The van der Waals surface area contributed by atoms with Crippen molar-refractivity contribution in [2.24, 2.45) is 7.05 Å². The Kier molecular flexibility index (Phi) is 2.52. The maximum atomic E-state index is 9.58. The van der Waals surface area contributed by atoms with Gasteiger partial charge in [0.05, 0.1) is 29.0 Å². The summed E-state index contributed by atoms with van der Waals surface area (Å²) in [4.78, 5) is 4.01. The fraction of sp³-hybridized carbons (Fsp3) is 0.333. The maximum Gasteiger partial charge on any atom is 0.145 e. The van der Waals surface area contributed by atoms with Gasteiger partial charge in [-0.3, -0.25) is 9.67 Å². The highest BCUT2D eigenvalue weighted by molar-refractivity contribution is 5.93. The van der Waals surface area contributed by atoms with Gasteiger partial charge in [-0.15, -0.1) is 0 Å². The lowest BCUT2D eigenvalue weighted by atomic mass is 10.1. The predicted molar refractivity (Wildman–Crippen MR) is 66.1 cm³/mol. The first-order chi connectivity index (χ1) is 7.88. The highest BCUT2D eigenvalue weighted by atomic mass is 16.3. The second-order valence-electron chi connectivity index (χ2n) is 4.40. The quantitative estimate of drug-likeness (QED) is 0.652. The number of fused-ring (bicyclic) bond motifs is 1. The number of hydrogen-bond acceptors (Lipinski definition) is 4. The van der Waals surface area contributed by atoms with E-state index in [4.69, 9.17) is 5.73 Å². The zero-order chi connectivity index (χ0) is 12.6. The molecule has 0 aromatic carbocycles. The molecule has 0 radical (unpaired) electrons. The highest BCUT2D eigenvalue weighted by Gasteiger charge is 2.11. The number of aliphatic hydroxyl groups is 1. The van der Waals surface area contributed by atoms with Crippen LogP contribution in [-0.4, -0.2) is 25.5 Å². The molecule has 0 amide bonds. The van der Waals surface area contributed by atoms with Crippen LogP contribution >= 0.6 is 0 Å². The average molecular weight is 230 g/mol. The van der Waals surface area contributed by atoms with E-state index in [2.05, 4.69) is 21.9 Å². The third-order valence-corrected chi connectivity index (χ3v) is 2.28. The number of aryl methyl sites for hydroxylation is 1. The van der Waals surface area contributed by atoms with Gasteiger partial charge in [0.2, 0.25) is 0 Å². The first-order valence-corrected chi connectivity index (χ1v) is 5.20. The molecule has 5 heteroatoms. The molecular weight excluding hydrogens is 216 g/mol. The van der Waals surface area contributed by atoms with E-state index in [1.165, 1.54) is 0 Å². The number of aromatic nitrogens is 3. The Morgan fingerprint density at radius 3 is 2.76 bits per heavy atom. The Balaban J connectivity index is 2.66. The lowest BCUT2D eigenvalue weighted by Gasteiger charge is -2.05. The average Bonchev–Trinajstić information content (AvgIpc) is 2.54. The summed E-state index contributed by atoms with van der Waals surface area (Å²) in [6.45, 7) is 3.24. The van der Waals surface area contributed by atoms with Crippen LogP contribution in [0.15, 0.2) is 12.4 Å². The van der Waals surface area contributed by atoms with Crippen molar-refractivity contribution in [3.63, 3.8) is 0 Å². The van der Waals surface area contributed by atoms with E-state index in [0.29, 0.717) is 11.4 Å². The highest BCUT2D eigenvalue weighted by Crippen LogP contribution is 2.22. The Morgan fingerprint density at radius 2 is 2.12 bits per heavy atom. The standard InChI is InChI=1S/C12H14N4O/c1-12(2,17)5-4-9-11-8(13)6-14-7-10(11)16(3)15-9/h6-7,17H,13H2,1-3H3. The summed E-state index contributed by atoms with van der Waals surface area (Å²) in [5.74, 6) is 5.57. The Morgan fingerprint density at radius 1 is 1.41 bits per heavy atom. The van der Waals surface area contributed by atoms with Crippen LogP contribution in [0, 0.1) is 11.8 Å². The van der Waals surface area contributed by atoms with Crippen LogP contribution in [-0.2, 0) is 7.05 Å². The van der Waals surface area contributed by atoms with Gasteiger partial charge in [-0.05, 0) is 19.8 Å². The van der Waals surface area contributed by atoms with Gasteiger partial charge in [-0.1, -0.05) is 5.92 Å². The van der Waals surface area contributed by atoms with E-state index in [-0.39, 0.29) is 0 Å². The summed E-state index contributed by atoms with van der Waals surface area (Å²) in [6.07, 6.45) is 3.26. The van der Waals surface area contributed by atoms with Crippen molar-refractivity contribution >= 4 is 16.6 Å². The molecule has 0 spiro atoms. The molecule has 17 heavy (non-hydrogen) atoms. The molecule has 2 aromatic rings. The van der Waals surface area contributed by atoms with Gasteiger partial charge in [-0.25, -0.2) is 0 Å². The van der Waals surface area contributed by atoms with Crippen LogP contribution in [0.1, 0.15) is 19.5 Å². The second-order valence-corrected chi connectivity index (χ2v) is 4.40. The topological polar surface area (TPSA) is 77.0 Å². The van der Waals surface area contributed by atoms with Crippen molar-refractivity contribution in [3.05, 3.63) is 18.1 Å². The van der Waals surface area contributed by atoms with E-state index in [0.717, 1.165) is 10.9 Å². The largest absolute Gasteiger partial charge is 0.397 e. The van der Waals surface area contributed by atoms with Crippen LogP contribution < -0.4 is 5.73 Å². The molecule has 3 N–H and O–H groups in total. The third-order valence-electron chi connectivity index (χ3n) is 2.28.